The van der Waals surface area contributed by atoms with Gasteiger partial charge in [-0.25, -0.2) is 13.1 Å². The van der Waals surface area contributed by atoms with E-state index in [0.717, 1.165) is 16.2 Å². The van der Waals surface area contributed by atoms with Crippen molar-refractivity contribution in [3.63, 3.8) is 0 Å². The molecule has 1 rings (SSSR count). The van der Waals surface area contributed by atoms with Crippen LogP contribution in [0.4, 0.5) is 13.2 Å². The molecular weight excluding hydrogens is 313 g/mol. The van der Waals surface area contributed by atoms with E-state index in [2.05, 4.69) is 4.72 Å². The molecule has 1 heterocycles. The fourth-order valence-corrected chi connectivity index (χ4v) is 4.00. The molecule has 0 saturated heterocycles. The Morgan fingerprint density at radius 2 is 1.95 bits per heavy atom. The van der Waals surface area contributed by atoms with Gasteiger partial charge >= 0.3 is 6.18 Å². The summed E-state index contributed by atoms with van der Waals surface area (Å²) in [6.07, 6.45) is -4.42. The molecule has 0 spiro atoms. The average Bonchev–Trinajstić information content (AvgIpc) is 2.77. The number of alkyl halides is 3. The Kier molecular flexibility index (Phi) is 6.44. The van der Waals surface area contributed by atoms with E-state index in [1.54, 1.807) is 6.07 Å². The van der Waals surface area contributed by atoms with Gasteiger partial charge in [-0.2, -0.15) is 13.2 Å². The minimum Gasteiger partial charge on any atom is -0.330 e. The lowest BCUT2D eigenvalue weighted by atomic mass is 10.2. The number of thiophene rings is 1. The lowest BCUT2D eigenvalue weighted by Crippen LogP contribution is -2.24. The van der Waals surface area contributed by atoms with Gasteiger partial charge in [0.1, 0.15) is 4.21 Å². The van der Waals surface area contributed by atoms with E-state index in [-0.39, 0.29) is 23.6 Å². The first kappa shape index (κ1) is 17.4. The van der Waals surface area contributed by atoms with Crippen LogP contribution in [0.2, 0.25) is 0 Å². The zero-order chi connectivity index (χ0) is 15.2. The first-order valence-corrected chi connectivity index (χ1v) is 8.40. The lowest BCUT2D eigenvalue weighted by molar-refractivity contribution is -0.135. The minimum atomic E-state index is -4.19. The topological polar surface area (TPSA) is 72.2 Å². The SMILES string of the molecule is NCCc1ccc(S(=O)(=O)NCCCCC(F)(F)F)s1. The maximum Gasteiger partial charge on any atom is 0.389 e. The minimum absolute atomic E-state index is 0.00252. The summed E-state index contributed by atoms with van der Waals surface area (Å²) in [5, 5.41) is 0. The maximum absolute atomic E-state index is 11.9. The number of sulfonamides is 1. The van der Waals surface area contributed by atoms with Crippen LogP contribution < -0.4 is 10.5 Å². The predicted molar refractivity (Wildman–Crippen MR) is 72.2 cm³/mol. The van der Waals surface area contributed by atoms with Crippen LogP contribution in [0, 0.1) is 0 Å². The quantitative estimate of drug-likeness (QED) is 0.718. The van der Waals surface area contributed by atoms with Crippen LogP contribution in [-0.4, -0.2) is 27.7 Å². The molecule has 0 unspecified atom stereocenters. The third-order valence-corrected chi connectivity index (χ3v) is 5.57. The number of unbranched alkanes of at least 4 members (excludes halogenated alkanes) is 1. The number of rotatable bonds is 8. The van der Waals surface area contributed by atoms with Gasteiger partial charge in [-0.15, -0.1) is 11.3 Å². The van der Waals surface area contributed by atoms with E-state index in [9.17, 15) is 21.6 Å². The van der Waals surface area contributed by atoms with Crippen LogP contribution in [0.3, 0.4) is 0 Å². The van der Waals surface area contributed by atoms with Crippen LogP contribution >= 0.6 is 11.3 Å². The lowest BCUT2D eigenvalue weighted by Gasteiger charge is -2.06. The number of nitrogens with one attached hydrogen (secondary N) is 1. The highest BCUT2D eigenvalue weighted by atomic mass is 32.2. The third-order valence-electron chi connectivity index (χ3n) is 2.47. The van der Waals surface area contributed by atoms with Crippen LogP contribution in [-0.2, 0) is 16.4 Å². The second kappa shape index (κ2) is 7.39. The maximum atomic E-state index is 11.9. The van der Waals surface area contributed by atoms with Gasteiger partial charge in [0.25, 0.3) is 0 Å². The molecule has 0 aliphatic carbocycles. The number of nitrogens with two attached hydrogens (primary N) is 1. The summed E-state index contributed by atoms with van der Waals surface area (Å²) in [5.74, 6) is 0. The summed E-state index contributed by atoms with van der Waals surface area (Å²) in [6.45, 7) is 0.438. The fraction of sp³-hybridized carbons (Fsp3) is 0.636. The van der Waals surface area contributed by atoms with Crippen LogP contribution in [0.1, 0.15) is 24.1 Å². The van der Waals surface area contributed by atoms with Crippen LogP contribution in [0.15, 0.2) is 16.3 Å². The highest BCUT2D eigenvalue weighted by Crippen LogP contribution is 2.23. The van der Waals surface area contributed by atoms with E-state index in [4.69, 9.17) is 5.73 Å². The number of halogens is 3. The van der Waals surface area contributed by atoms with Crippen molar-refractivity contribution < 1.29 is 21.6 Å². The monoisotopic (exact) mass is 330 g/mol. The predicted octanol–water partition coefficient (Wildman–Crippen LogP) is 2.26. The van der Waals surface area contributed by atoms with E-state index < -0.39 is 22.6 Å². The molecule has 0 radical (unpaired) electrons. The highest BCUT2D eigenvalue weighted by molar-refractivity contribution is 7.91. The van der Waals surface area contributed by atoms with Crippen molar-refractivity contribution in [1.29, 1.82) is 0 Å². The molecule has 116 valence electrons. The van der Waals surface area contributed by atoms with Crippen molar-refractivity contribution >= 4 is 21.4 Å². The van der Waals surface area contributed by atoms with Gasteiger partial charge in [-0.3, -0.25) is 0 Å². The molecule has 1 aromatic heterocycles. The molecule has 0 amide bonds. The Hall–Kier alpha value is -0.640. The largest absolute Gasteiger partial charge is 0.389 e. The van der Waals surface area contributed by atoms with Crippen molar-refractivity contribution in [3.8, 4) is 0 Å². The van der Waals surface area contributed by atoms with E-state index in [1.807, 2.05) is 0 Å². The molecule has 0 atom stereocenters. The van der Waals surface area contributed by atoms with Crippen molar-refractivity contribution in [2.75, 3.05) is 13.1 Å². The Morgan fingerprint density at radius 1 is 1.25 bits per heavy atom. The molecule has 0 saturated carbocycles. The molecule has 20 heavy (non-hydrogen) atoms. The van der Waals surface area contributed by atoms with Crippen molar-refractivity contribution in [2.24, 2.45) is 5.73 Å². The van der Waals surface area contributed by atoms with Crippen molar-refractivity contribution in [1.82, 2.24) is 4.72 Å². The summed E-state index contributed by atoms with van der Waals surface area (Å²) in [5.41, 5.74) is 5.38. The first-order chi connectivity index (χ1) is 9.24. The summed E-state index contributed by atoms with van der Waals surface area (Å²) >= 11 is 1.12. The van der Waals surface area contributed by atoms with E-state index in [1.165, 1.54) is 6.07 Å². The summed E-state index contributed by atoms with van der Waals surface area (Å²) in [6, 6.07) is 3.17. The first-order valence-electron chi connectivity index (χ1n) is 6.10. The highest BCUT2D eigenvalue weighted by Gasteiger charge is 2.26. The number of hydrogen-bond donors (Lipinski definition) is 2. The third kappa shape index (κ3) is 6.21. The smallest absolute Gasteiger partial charge is 0.330 e. The fourth-order valence-electron chi connectivity index (χ4n) is 1.51. The Balaban J connectivity index is 2.41. The van der Waals surface area contributed by atoms with Gasteiger partial charge < -0.3 is 5.73 Å². The molecule has 4 nitrogen and oxygen atoms in total. The second-order valence-corrected chi connectivity index (χ2v) is 7.39. The van der Waals surface area contributed by atoms with Crippen molar-refractivity contribution in [2.45, 2.75) is 36.1 Å². The van der Waals surface area contributed by atoms with E-state index in [0.29, 0.717) is 13.0 Å². The van der Waals surface area contributed by atoms with E-state index >= 15 is 0 Å². The summed E-state index contributed by atoms with van der Waals surface area (Å²) in [4.78, 5) is 0.866. The zero-order valence-corrected chi connectivity index (χ0v) is 12.4. The molecule has 0 aliphatic heterocycles. The summed E-state index contributed by atoms with van der Waals surface area (Å²) < 4.78 is 61.9. The summed E-state index contributed by atoms with van der Waals surface area (Å²) in [7, 11) is -3.63. The Morgan fingerprint density at radius 3 is 2.55 bits per heavy atom. The van der Waals surface area contributed by atoms with Gasteiger partial charge in [0.2, 0.25) is 10.0 Å². The zero-order valence-electron chi connectivity index (χ0n) is 10.7. The van der Waals surface area contributed by atoms with Gasteiger partial charge in [0.05, 0.1) is 0 Å². The molecule has 1 aromatic rings. The second-order valence-electron chi connectivity index (χ2n) is 4.23. The molecule has 0 aromatic carbocycles. The van der Waals surface area contributed by atoms with Crippen LogP contribution in [0.25, 0.3) is 0 Å². The molecule has 3 N–H and O–H groups in total. The molecule has 9 heteroatoms. The Labute approximate surface area is 120 Å². The molecule has 0 aliphatic rings. The molecule has 0 fully saturated rings. The van der Waals surface area contributed by atoms with Gasteiger partial charge in [0.15, 0.2) is 0 Å². The Bertz CT molecular complexity index is 512. The standard InChI is InChI=1S/C11H17F3N2O2S2/c12-11(13,14)6-1-2-8-16-20(17,18)10-4-3-9(19-10)5-7-15/h3-4,16H,1-2,5-8,15H2. The molecular formula is C11H17F3N2O2S2. The van der Waals surface area contributed by atoms with Crippen LogP contribution in [0.5, 0.6) is 0 Å². The van der Waals surface area contributed by atoms with Gasteiger partial charge in [-0.1, -0.05) is 0 Å². The number of hydrogen-bond acceptors (Lipinski definition) is 4. The van der Waals surface area contributed by atoms with Gasteiger partial charge in [-0.05, 0) is 37.9 Å². The molecule has 0 bridgehead atoms. The average molecular weight is 330 g/mol. The van der Waals surface area contributed by atoms with Crippen molar-refractivity contribution in [3.05, 3.63) is 17.0 Å². The normalized spacial score (nSPS) is 12.8. The van der Waals surface area contributed by atoms with Gasteiger partial charge in [0, 0.05) is 17.8 Å².